The molecule has 1 aliphatic carbocycles. The van der Waals surface area contributed by atoms with Crippen molar-refractivity contribution in [3.63, 3.8) is 0 Å². The van der Waals surface area contributed by atoms with Crippen LogP contribution in [0.25, 0.3) is 0 Å². The number of nitrogens with one attached hydrogen (secondary N) is 1. The van der Waals surface area contributed by atoms with E-state index >= 15 is 0 Å². The van der Waals surface area contributed by atoms with Gasteiger partial charge in [0.25, 0.3) is 0 Å². The Hall–Kier alpha value is -1.63. The summed E-state index contributed by atoms with van der Waals surface area (Å²) in [6.07, 6.45) is 1.05. The number of carboxylic acids is 2. The molecule has 0 spiro atoms. The topological polar surface area (TPSA) is 130 Å². The minimum Gasteiger partial charge on any atom is -0.481 e. The molecule has 1 saturated carbocycles. The summed E-state index contributed by atoms with van der Waals surface area (Å²) in [5.74, 6) is -2.97. The number of rotatable bonds is 5. The number of carboxylic acid groups (broad SMARTS) is 2. The second-order valence-corrected chi connectivity index (χ2v) is 4.26. The molecule has 0 bridgehead atoms. The summed E-state index contributed by atoms with van der Waals surface area (Å²) >= 11 is 0. The lowest BCUT2D eigenvalue weighted by Gasteiger charge is -2.15. The zero-order valence-corrected chi connectivity index (χ0v) is 9.26. The van der Waals surface area contributed by atoms with Crippen molar-refractivity contribution in [2.45, 2.75) is 37.8 Å². The van der Waals surface area contributed by atoms with Crippen LogP contribution in [-0.2, 0) is 14.4 Å². The summed E-state index contributed by atoms with van der Waals surface area (Å²) in [4.78, 5) is 32.5. The van der Waals surface area contributed by atoms with E-state index in [2.05, 4.69) is 5.32 Å². The third-order valence-corrected chi connectivity index (χ3v) is 2.86. The van der Waals surface area contributed by atoms with E-state index in [0.717, 1.165) is 0 Å². The van der Waals surface area contributed by atoms with Crippen molar-refractivity contribution in [2.24, 2.45) is 11.7 Å². The van der Waals surface area contributed by atoms with Crippen molar-refractivity contribution >= 4 is 17.8 Å². The number of amides is 1. The summed E-state index contributed by atoms with van der Waals surface area (Å²) < 4.78 is 0. The van der Waals surface area contributed by atoms with Crippen molar-refractivity contribution < 1.29 is 24.6 Å². The molecule has 1 unspecified atom stereocenters. The second-order valence-electron chi connectivity index (χ2n) is 4.26. The molecule has 0 heterocycles. The molecule has 3 atom stereocenters. The monoisotopic (exact) mass is 244 g/mol. The van der Waals surface area contributed by atoms with Crippen LogP contribution in [0.5, 0.6) is 0 Å². The lowest BCUT2D eigenvalue weighted by molar-refractivity contribution is -0.141. The van der Waals surface area contributed by atoms with Gasteiger partial charge in [0.2, 0.25) is 5.91 Å². The standard InChI is InChI=1S/C10H16N2O5/c11-7(4-8(13)14)9(15)12-6-2-1-5(3-6)10(16)17/h5-7H,1-4,11H2,(H,12,15)(H,13,14)(H,16,17)/t5-,6+,7?/m1/s1. The van der Waals surface area contributed by atoms with E-state index in [-0.39, 0.29) is 6.04 Å². The molecule has 1 fully saturated rings. The number of carbonyl (C=O) groups is 3. The van der Waals surface area contributed by atoms with Crippen LogP contribution in [0.3, 0.4) is 0 Å². The highest BCUT2D eigenvalue weighted by atomic mass is 16.4. The molecule has 7 nitrogen and oxygen atoms in total. The molecular formula is C10H16N2O5. The van der Waals surface area contributed by atoms with Crippen LogP contribution < -0.4 is 11.1 Å². The molecule has 0 aromatic rings. The minimum absolute atomic E-state index is 0.219. The van der Waals surface area contributed by atoms with Crippen LogP contribution in [0.1, 0.15) is 25.7 Å². The molecule has 1 amide bonds. The normalized spacial score (nSPS) is 25.2. The van der Waals surface area contributed by atoms with E-state index in [1.165, 1.54) is 0 Å². The Labute approximate surface area is 98.0 Å². The zero-order chi connectivity index (χ0) is 13.0. The number of hydrogen-bond donors (Lipinski definition) is 4. The van der Waals surface area contributed by atoms with Crippen molar-refractivity contribution in [3.8, 4) is 0 Å². The third kappa shape index (κ3) is 4.03. The largest absolute Gasteiger partial charge is 0.481 e. The SMILES string of the molecule is NC(CC(=O)O)C(=O)N[C@H]1CC[C@@H](C(=O)O)C1. The fourth-order valence-electron chi connectivity index (χ4n) is 1.93. The van der Waals surface area contributed by atoms with Crippen LogP contribution in [0.15, 0.2) is 0 Å². The van der Waals surface area contributed by atoms with Gasteiger partial charge in [0.1, 0.15) is 0 Å². The first kappa shape index (κ1) is 13.4. The van der Waals surface area contributed by atoms with E-state index in [0.29, 0.717) is 19.3 Å². The highest BCUT2D eigenvalue weighted by Gasteiger charge is 2.31. The predicted molar refractivity (Wildman–Crippen MR) is 57.1 cm³/mol. The van der Waals surface area contributed by atoms with Gasteiger partial charge in [-0.05, 0) is 19.3 Å². The molecular weight excluding hydrogens is 228 g/mol. The van der Waals surface area contributed by atoms with E-state index in [9.17, 15) is 14.4 Å². The quantitative estimate of drug-likeness (QED) is 0.499. The smallest absolute Gasteiger partial charge is 0.306 e. The predicted octanol–water partition coefficient (Wildman–Crippen LogP) is -0.842. The number of carbonyl (C=O) groups excluding carboxylic acids is 1. The number of nitrogens with two attached hydrogens (primary N) is 1. The van der Waals surface area contributed by atoms with Crippen molar-refractivity contribution in [2.75, 3.05) is 0 Å². The number of aliphatic carboxylic acids is 2. The molecule has 0 saturated heterocycles. The van der Waals surface area contributed by atoms with E-state index in [4.69, 9.17) is 15.9 Å². The summed E-state index contributed by atoms with van der Waals surface area (Å²) in [5, 5.41) is 19.8. The maximum absolute atomic E-state index is 11.5. The van der Waals surface area contributed by atoms with Gasteiger partial charge in [0, 0.05) is 6.04 Å². The second kappa shape index (κ2) is 5.62. The van der Waals surface area contributed by atoms with Gasteiger partial charge in [-0.3, -0.25) is 14.4 Å². The highest BCUT2D eigenvalue weighted by molar-refractivity contribution is 5.86. The summed E-state index contributed by atoms with van der Waals surface area (Å²) in [5.41, 5.74) is 5.38. The summed E-state index contributed by atoms with van der Waals surface area (Å²) in [6, 6.07) is -1.31. The maximum atomic E-state index is 11.5. The van der Waals surface area contributed by atoms with E-state index in [1.54, 1.807) is 0 Å². The van der Waals surface area contributed by atoms with Crippen molar-refractivity contribution in [1.82, 2.24) is 5.32 Å². The lowest BCUT2D eigenvalue weighted by Crippen LogP contribution is -2.45. The van der Waals surface area contributed by atoms with Gasteiger partial charge in [-0.25, -0.2) is 0 Å². The van der Waals surface area contributed by atoms with Gasteiger partial charge in [0.05, 0.1) is 18.4 Å². The van der Waals surface area contributed by atoms with Gasteiger partial charge in [-0.15, -0.1) is 0 Å². The van der Waals surface area contributed by atoms with Gasteiger partial charge in [0.15, 0.2) is 0 Å². The van der Waals surface area contributed by atoms with Crippen LogP contribution in [-0.4, -0.2) is 40.1 Å². The molecule has 17 heavy (non-hydrogen) atoms. The molecule has 0 aromatic carbocycles. The maximum Gasteiger partial charge on any atom is 0.306 e. The fourth-order valence-corrected chi connectivity index (χ4v) is 1.93. The van der Waals surface area contributed by atoms with E-state index in [1.807, 2.05) is 0 Å². The minimum atomic E-state index is -1.14. The molecule has 1 rings (SSSR count). The van der Waals surface area contributed by atoms with Crippen LogP contribution in [0, 0.1) is 5.92 Å². The first-order chi connectivity index (χ1) is 7.90. The Balaban J connectivity index is 2.37. The number of hydrogen-bond acceptors (Lipinski definition) is 4. The first-order valence-electron chi connectivity index (χ1n) is 5.40. The third-order valence-electron chi connectivity index (χ3n) is 2.86. The molecule has 7 heteroatoms. The van der Waals surface area contributed by atoms with Crippen molar-refractivity contribution in [1.29, 1.82) is 0 Å². The highest BCUT2D eigenvalue weighted by Crippen LogP contribution is 2.25. The average molecular weight is 244 g/mol. The molecule has 1 aliphatic rings. The Kier molecular flexibility index (Phi) is 4.45. The van der Waals surface area contributed by atoms with Crippen LogP contribution in [0.2, 0.25) is 0 Å². The summed E-state index contributed by atoms with van der Waals surface area (Å²) in [7, 11) is 0. The Bertz CT molecular complexity index is 331. The Morgan fingerprint density at radius 1 is 1.29 bits per heavy atom. The van der Waals surface area contributed by atoms with Crippen LogP contribution >= 0.6 is 0 Å². The van der Waals surface area contributed by atoms with Gasteiger partial charge < -0.3 is 21.3 Å². The Morgan fingerprint density at radius 3 is 2.41 bits per heavy atom. The molecule has 0 aliphatic heterocycles. The molecule has 0 radical (unpaired) electrons. The summed E-state index contributed by atoms with van der Waals surface area (Å²) in [6.45, 7) is 0. The van der Waals surface area contributed by atoms with Crippen LogP contribution in [0.4, 0.5) is 0 Å². The van der Waals surface area contributed by atoms with Crippen molar-refractivity contribution in [3.05, 3.63) is 0 Å². The molecule has 5 N–H and O–H groups in total. The van der Waals surface area contributed by atoms with Gasteiger partial charge in [-0.1, -0.05) is 0 Å². The molecule has 0 aromatic heterocycles. The van der Waals surface area contributed by atoms with Gasteiger partial charge >= 0.3 is 11.9 Å². The average Bonchev–Trinajstić information content (AvgIpc) is 2.65. The fraction of sp³-hybridized carbons (Fsp3) is 0.700. The van der Waals surface area contributed by atoms with E-state index < -0.39 is 36.2 Å². The zero-order valence-electron chi connectivity index (χ0n) is 9.26. The first-order valence-corrected chi connectivity index (χ1v) is 5.40. The van der Waals surface area contributed by atoms with Gasteiger partial charge in [-0.2, -0.15) is 0 Å². The molecule has 96 valence electrons. The lowest BCUT2D eigenvalue weighted by atomic mass is 10.1. The Morgan fingerprint density at radius 2 is 1.94 bits per heavy atom.